The maximum atomic E-state index is 6.26. The van der Waals surface area contributed by atoms with Crippen LogP contribution in [0.2, 0.25) is 5.02 Å². The lowest BCUT2D eigenvalue weighted by Gasteiger charge is -2.09. The predicted molar refractivity (Wildman–Crippen MR) is 107 cm³/mol. The first kappa shape index (κ1) is 17.5. The van der Waals surface area contributed by atoms with E-state index in [-0.39, 0.29) is 0 Å². The largest absolute Gasteiger partial charge is 0.358 e. The van der Waals surface area contributed by atoms with Gasteiger partial charge in [0.1, 0.15) is 5.02 Å². The fourth-order valence-corrected chi connectivity index (χ4v) is 2.74. The highest BCUT2D eigenvalue weighted by atomic mass is 35.5. The van der Waals surface area contributed by atoms with Gasteiger partial charge in [-0.15, -0.1) is 0 Å². The Morgan fingerprint density at radius 2 is 1.80 bits per heavy atom. The van der Waals surface area contributed by atoms with Crippen LogP contribution in [-0.4, -0.2) is 14.9 Å². The number of aromatic nitrogens is 2. The molecule has 0 saturated heterocycles. The Bertz CT molecular complexity index is 844. The van der Waals surface area contributed by atoms with Crippen LogP contribution < -0.4 is 10.6 Å². The molecule has 0 unspecified atom stereocenters. The lowest BCUT2D eigenvalue weighted by Crippen LogP contribution is -2.28. The fourth-order valence-electron chi connectivity index (χ4n) is 2.37. The van der Waals surface area contributed by atoms with Crippen molar-refractivity contribution in [3.05, 3.63) is 82.5 Å². The summed E-state index contributed by atoms with van der Waals surface area (Å²) in [5.41, 5.74) is 3.56. The maximum Gasteiger partial charge on any atom is 0.173 e. The van der Waals surface area contributed by atoms with Crippen molar-refractivity contribution in [3.8, 4) is 0 Å². The van der Waals surface area contributed by atoms with Gasteiger partial charge in [-0.3, -0.25) is 4.68 Å². The number of hydrogen-bond acceptors (Lipinski definition) is 2. The van der Waals surface area contributed by atoms with Crippen LogP contribution in [0.4, 0.5) is 5.82 Å². The zero-order chi connectivity index (χ0) is 17.6. The van der Waals surface area contributed by atoms with Crippen LogP contribution in [0.25, 0.3) is 0 Å². The van der Waals surface area contributed by atoms with E-state index in [1.807, 2.05) is 18.2 Å². The number of aryl methyl sites for hydroxylation is 1. The van der Waals surface area contributed by atoms with Crippen LogP contribution in [-0.2, 0) is 13.1 Å². The van der Waals surface area contributed by atoms with Gasteiger partial charge in [-0.05, 0) is 30.3 Å². The smallest absolute Gasteiger partial charge is 0.173 e. The molecule has 3 rings (SSSR count). The van der Waals surface area contributed by atoms with Crippen LogP contribution in [0.5, 0.6) is 0 Å². The van der Waals surface area contributed by atoms with E-state index in [1.165, 1.54) is 5.56 Å². The molecule has 128 valence electrons. The molecule has 0 aliphatic rings. The highest BCUT2D eigenvalue weighted by Crippen LogP contribution is 2.20. The van der Waals surface area contributed by atoms with Crippen molar-refractivity contribution in [1.29, 1.82) is 0 Å². The maximum absolute atomic E-state index is 6.26. The van der Waals surface area contributed by atoms with Crippen molar-refractivity contribution in [1.82, 2.24) is 15.1 Å². The summed E-state index contributed by atoms with van der Waals surface area (Å²) in [6.45, 7) is 3.37. The Hall–Kier alpha value is -2.37. The first-order chi connectivity index (χ1) is 12.1. The molecule has 4 nitrogen and oxygen atoms in total. The topological polar surface area (TPSA) is 41.9 Å². The second-order valence-corrected chi connectivity index (χ2v) is 6.62. The Morgan fingerprint density at radius 3 is 2.52 bits per heavy atom. The van der Waals surface area contributed by atoms with E-state index in [2.05, 4.69) is 59.1 Å². The minimum absolute atomic E-state index is 0.493. The van der Waals surface area contributed by atoms with E-state index in [9.17, 15) is 0 Å². The van der Waals surface area contributed by atoms with Gasteiger partial charge >= 0.3 is 0 Å². The lowest BCUT2D eigenvalue weighted by atomic mass is 10.1. The molecule has 1 heterocycles. The molecule has 6 heteroatoms. The number of anilines is 1. The van der Waals surface area contributed by atoms with Crippen LogP contribution in [0.15, 0.2) is 60.8 Å². The van der Waals surface area contributed by atoms with E-state index in [0.29, 0.717) is 29.0 Å². The van der Waals surface area contributed by atoms with Crippen molar-refractivity contribution >= 4 is 34.7 Å². The van der Waals surface area contributed by atoms with Gasteiger partial charge in [-0.2, -0.15) is 5.10 Å². The fraction of sp³-hybridized carbons (Fsp3) is 0.158. The Labute approximate surface area is 157 Å². The van der Waals surface area contributed by atoms with Crippen molar-refractivity contribution in [2.75, 3.05) is 5.32 Å². The molecule has 2 aromatic carbocycles. The molecule has 1 aromatic heterocycles. The number of nitrogens with zero attached hydrogens (tertiary/aromatic N) is 2. The zero-order valence-electron chi connectivity index (χ0n) is 13.9. The summed E-state index contributed by atoms with van der Waals surface area (Å²) in [5.74, 6) is 0.555. The summed E-state index contributed by atoms with van der Waals surface area (Å²) in [7, 11) is 0. The zero-order valence-corrected chi connectivity index (χ0v) is 15.4. The summed E-state index contributed by atoms with van der Waals surface area (Å²) in [6, 6.07) is 18.4. The summed E-state index contributed by atoms with van der Waals surface area (Å²) in [5, 5.41) is 11.7. The number of thiocarbonyl (C=S) groups is 1. The highest BCUT2D eigenvalue weighted by Gasteiger charge is 2.09. The minimum Gasteiger partial charge on any atom is -0.358 e. The standard InChI is InChI=1S/C19H19ClN4S/c1-14-7-9-15(10-8-14)11-21-19(25)22-18-17(20)13-24(23-18)12-16-5-3-2-4-6-16/h2-10,13H,11-12H2,1H3,(H2,21,22,23,25). The number of hydrogen-bond donors (Lipinski definition) is 2. The van der Waals surface area contributed by atoms with Crippen molar-refractivity contribution in [2.24, 2.45) is 0 Å². The third kappa shape index (κ3) is 5.05. The third-order valence-electron chi connectivity index (χ3n) is 3.71. The average Bonchev–Trinajstić information content (AvgIpc) is 2.94. The predicted octanol–water partition coefficient (Wildman–Crippen LogP) is 4.38. The number of nitrogens with one attached hydrogen (secondary N) is 2. The minimum atomic E-state index is 0.493. The Morgan fingerprint density at radius 1 is 1.08 bits per heavy atom. The summed E-state index contributed by atoms with van der Waals surface area (Å²) < 4.78 is 1.79. The molecule has 0 spiro atoms. The molecule has 0 atom stereocenters. The molecule has 0 amide bonds. The summed E-state index contributed by atoms with van der Waals surface area (Å²) in [4.78, 5) is 0. The van der Waals surface area contributed by atoms with Crippen LogP contribution in [0.3, 0.4) is 0 Å². The normalized spacial score (nSPS) is 10.5. The first-order valence-electron chi connectivity index (χ1n) is 7.97. The molecular weight excluding hydrogens is 352 g/mol. The van der Waals surface area contributed by atoms with Gasteiger partial charge in [0.25, 0.3) is 0 Å². The monoisotopic (exact) mass is 370 g/mol. The van der Waals surface area contributed by atoms with E-state index < -0.39 is 0 Å². The molecule has 25 heavy (non-hydrogen) atoms. The molecule has 0 saturated carbocycles. The molecule has 0 fully saturated rings. The lowest BCUT2D eigenvalue weighted by molar-refractivity contribution is 0.690. The van der Waals surface area contributed by atoms with E-state index in [0.717, 1.165) is 11.1 Å². The number of halogens is 1. The molecule has 3 aromatic rings. The van der Waals surface area contributed by atoms with Crippen molar-refractivity contribution < 1.29 is 0 Å². The van der Waals surface area contributed by atoms with E-state index in [4.69, 9.17) is 23.8 Å². The number of rotatable bonds is 5. The molecule has 0 radical (unpaired) electrons. The van der Waals surface area contributed by atoms with Crippen LogP contribution in [0.1, 0.15) is 16.7 Å². The van der Waals surface area contributed by atoms with Gasteiger partial charge in [0.15, 0.2) is 10.9 Å². The van der Waals surface area contributed by atoms with Gasteiger partial charge in [0.2, 0.25) is 0 Å². The number of benzene rings is 2. The summed E-state index contributed by atoms with van der Waals surface area (Å²) in [6.07, 6.45) is 1.79. The second-order valence-electron chi connectivity index (χ2n) is 5.80. The van der Waals surface area contributed by atoms with Crippen molar-refractivity contribution in [3.63, 3.8) is 0 Å². The quantitative estimate of drug-likeness (QED) is 0.654. The van der Waals surface area contributed by atoms with E-state index >= 15 is 0 Å². The molecule has 0 bridgehead atoms. The Kier molecular flexibility index (Phi) is 5.68. The molecular formula is C19H19ClN4S. The first-order valence-corrected chi connectivity index (χ1v) is 8.76. The molecule has 2 N–H and O–H groups in total. The third-order valence-corrected chi connectivity index (χ3v) is 4.23. The average molecular weight is 371 g/mol. The highest BCUT2D eigenvalue weighted by molar-refractivity contribution is 7.80. The SMILES string of the molecule is Cc1ccc(CNC(=S)Nc2nn(Cc3ccccc3)cc2Cl)cc1. The Balaban J connectivity index is 1.57. The van der Waals surface area contributed by atoms with Gasteiger partial charge in [-0.1, -0.05) is 71.8 Å². The molecule has 0 aliphatic heterocycles. The summed E-state index contributed by atoms with van der Waals surface area (Å²) >= 11 is 11.6. The van der Waals surface area contributed by atoms with Gasteiger partial charge in [0, 0.05) is 12.7 Å². The van der Waals surface area contributed by atoms with Crippen LogP contribution >= 0.6 is 23.8 Å². The van der Waals surface area contributed by atoms with E-state index in [1.54, 1.807) is 10.9 Å². The van der Waals surface area contributed by atoms with Gasteiger partial charge < -0.3 is 10.6 Å². The second kappa shape index (κ2) is 8.14. The van der Waals surface area contributed by atoms with Gasteiger partial charge in [-0.25, -0.2) is 0 Å². The molecule has 0 aliphatic carbocycles. The van der Waals surface area contributed by atoms with Gasteiger partial charge in [0.05, 0.1) is 6.54 Å². The van der Waals surface area contributed by atoms with Crippen LogP contribution in [0, 0.1) is 6.92 Å². The van der Waals surface area contributed by atoms with Crippen molar-refractivity contribution in [2.45, 2.75) is 20.0 Å².